The van der Waals surface area contributed by atoms with Crippen LogP contribution in [0, 0.1) is 33.5 Å². The zero-order chi connectivity index (χ0) is 32.7. The van der Waals surface area contributed by atoms with Crippen molar-refractivity contribution in [1.82, 2.24) is 4.57 Å². The van der Waals surface area contributed by atoms with E-state index < -0.39 is 36.5 Å². The van der Waals surface area contributed by atoms with E-state index in [-0.39, 0.29) is 28.6 Å². The van der Waals surface area contributed by atoms with Gasteiger partial charge in [0.25, 0.3) is 0 Å². The van der Waals surface area contributed by atoms with Gasteiger partial charge < -0.3 is 24.3 Å². The summed E-state index contributed by atoms with van der Waals surface area (Å²) in [6, 6.07) is 14.3. The largest absolute Gasteiger partial charge is 0.490 e. The fraction of sp³-hybridized carbons (Fsp3) is 0.250. The number of carbonyl (C=O) groups is 3. The van der Waals surface area contributed by atoms with Crippen molar-refractivity contribution in [2.75, 3.05) is 13.2 Å². The molecule has 0 bridgehead atoms. The molecule has 2 N–H and O–H groups in total. The number of hydrogen-bond donors (Lipinski definition) is 2. The standard InChI is InChI=1S/C36H36FNO7/c1-22-19-23(2)36(24(3)20-22)45-18-6-5-17-44-28-12-8-26(9-13-28)7-10-27-11-14-29(37)34-33(30(39)15-16-31(40)41)25(4)38(35(27)34)21-32(42)43/h5-14,19-20H,15-18,21H2,1-4H3,(H,40,41)(H,42,43)/b6-5+,10-7?. The number of hydrogen-bond acceptors (Lipinski definition) is 5. The number of rotatable bonds is 14. The van der Waals surface area contributed by atoms with E-state index in [0.29, 0.717) is 24.5 Å². The minimum absolute atomic E-state index is 0.00254. The van der Waals surface area contributed by atoms with Crippen LogP contribution in [0.3, 0.4) is 0 Å². The molecule has 4 aromatic rings. The lowest BCUT2D eigenvalue weighted by Gasteiger charge is -2.11. The molecule has 0 saturated carbocycles. The Bertz CT molecular complexity index is 1780. The van der Waals surface area contributed by atoms with E-state index in [1.807, 2.05) is 50.3 Å². The second-order valence-electron chi connectivity index (χ2n) is 10.8. The average molecular weight is 614 g/mol. The number of aryl methyl sites for hydroxylation is 3. The van der Waals surface area contributed by atoms with Crippen LogP contribution in [0.1, 0.15) is 56.7 Å². The number of carboxylic acid groups (broad SMARTS) is 2. The monoisotopic (exact) mass is 613 g/mol. The van der Waals surface area contributed by atoms with Crippen LogP contribution in [0.4, 0.5) is 4.39 Å². The molecule has 0 aliphatic rings. The van der Waals surface area contributed by atoms with E-state index in [1.165, 1.54) is 29.2 Å². The summed E-state index contributed by atoms with van der Waals surface area (Å²) in [5, 5.41) is 18.5. The van der Waals surface area contributed by atoms with Crippen LogP contribution >= 0.6 is 0 Å². The van der Waals surface area contributed by atoms with Crippen LogP contribution in [-0.2, 0) is 16.1 Å². The first-order valence-corrected chi connectivity index (χ1v) is 14.5. The van der Waals surface area contributed by atoms with E-state index in [1.54, 1.807) is 12.2 Å². The van der Waals surface area contributed by atoms with Gasteiger partial charge in [0.05, 0.1) is 11.9 Å². The average Bonchev–Trinajstić information content (AvgIpc) is 3.27. The highest BCUT2D eigenvalue weighted by atomic mass is 19.1. The number of aromatic nitrogens is 1. The highest BCUT2D eigenvalue weighted by Crippen LogP contribution is 2.33. The van der Waals surface area contributed by atoms with E-state index in [0.717, 1.165) is 22.4 Å². The second kappa shape index (κ2) is 14.5. The highest BCUT2D eigenvalue weighted by molar-refractivity contribution is 6.12. The molecule has 0 radical (unpaired) electrons. The zero-order valence-electron chi connectivity index (χ0n) is 25.7. The van der Waals surface area contributed by atoms with Crippen LogP contribution in [-0.4, -0.2) is 45.7 Å². The molecule has 45 heavy (non-hydrogen) atoms. The smallest absolute Gasteiger partial charge is 0.323 e. The Labute approximate surface area is 261 Å². The van der Waals surface area contributed by atoms with Gasteiger partial charge >= 0.3 is 11.9 Å². The molecule has 234 valence electrons. The van der Waals surface area contributed by atoms with Gasteiger partial charge in [0.2, 0.25) is 0 Å². The Balaban J connectivity index is 1.46. The molecular weight excluding hydrogens is 577 g/mol. The molecule has 8 nitrogen and oxygen atoms in total. The lowest BCUT2D eigenvalue weighted by molar-refractivity contribution is -0.138. The number of Topliss-reactive ketones (excluding diaryl/α,β-unsaturated/α-hetero) is 1. The molecule has 0 saturated heterocycles. The van der Waals surface area contributed by atoms with Crippen molar-refractivity contribution in [2.24, 2.45) is 0 Å². The molecule has 4 rings (SSSR count). The molecule has 0 unspecified atom stereocenters. The Kier molecular flexibility index (Phi) is 10.6. The minimum atomic E-state index is -1.16. The summed E-state index contributed by atoms with van der Waals surface area (Å²) < 4.78 is 28.2. The van der Waals surface area contributed by atoms with Crippen LogP contribution in [0.25, 0.3) is 23.1 Å². The third-order valence-corrected chi connectivity index (χ3v) is 7.36. The molecule has 9 heteroatoms. The molecule has 0 spiro atoms. The predicted octanol–water partition coefficient (Wildman–Crippen LogP) is 7.33. The van der Waals surface area contributed by atoms with Crippen molar-refractivity contribution < 1.29 is 38.5 Å². The van der Waals surface area contributed by atoms with Crippen LogP contribution in [0.15, 0.2) is 60.7 Å². The maximum absolute atomic E-state index is 15.1. The molecule has 0 aliphatic heterocycles. The SMILES string of the molecule is Cc1cc(C)c(OC/C=C/COc2ccc(C=Cc3ccc(F)c4c(C(=O)CCC(=O)O)c(C)n(CC(=O)O)c34)cc2)c(C)c1. The van der Waals surface area contributed by atoms with Crippen molar-refractivity contribution in [2.45, 2.75) is 47.1 Å². The number of aliphatic carboxylic acids is 2. The summed E-state index contributed by atoms with van der Waals surface area (Å²) in [5.41, 5.74) is 5.27. The van der Waals surface area contributed by atoms with Gasteiger partial charge in [-0.1, -0.05) is 42.0 Å². The normalized spacial score (nSPS) is 11.5. The topological polar surface area (TPSA) is 115 Å². The first-order valence-electron chi connectivity index (χ1n) is 14.5. The first kappa shape index (κ1) is 32.7. The quantitative estimate of drug-likeness (QED) is 0.0869. The third-order valence-electron chi connectivity index (χ3n) is 7.36. The Hall–Kier alpha value is -5.18. The van der Waals surface area contributed by atoms with Crippen molar-refractivity contribution >= 4 is 40.8 Å². The maximum Gasteiger partial charge on any atom is 0.323 e. The minimum Gasteiger partial charge on any atom is -0.490 e. The van der Waals surface area contributed by atoms with Gasteiger partial charge in [-0.3, -0.25) is 14.4 Å². The van der Waals surface area contributed by atoms with Crippen LogP contribution < -0.4 is 9.47 Å². The van der Waals surface area contributed by atoms with Crippen LogP contribution in [0.5, 0.6) is 11.5 Å². The van der Waals surface area contributed by atoms with Crippen molar-refractivity contribution in [3.05, 3.63) is 106 Å². The van der Waals surface area contributed by atoms with E-state index >= 15 is 4.39 Å². The number of ether oxygens (including phenoxy) is 2. The number of nitrogens with zero attached hydrogens (tertiary/aromatic N) is 1. The molecule has 1 aromatic heterocycles. The Morgan fingerprint density at radius 2 is 1.47 bits per heavy atom. The fourth-order valence-corrected chi connectivity index (χ4v) is 5.42. The number of fused-ring (bicyclic) bond motifs is 1. The summed E-state index contributed by atoms with van der Waals surface area (Å²) in [5.74, 6) is -1.99. The van der Waals surface area contributed by atoms with Gasteiger partial charge in [0.1, 0.15) is 37.1 Å². The molecule has 1 heterocycles. The van der Waals surface area contributed by atoms with Crippen molar-refractivity contribution in [3.63, 3.8) is 0 Å². The van der Waals surface area contributed by atoms with Gasteiger partial charge in [-0.25, -0.2) is 4.39 Å². The van der Waals surface area contributed by atoms with Crippen molar-refractivity contribution in [1.29, 1.82) is 0 Å². The highest BCUT2D eigenvalue weighted by Gasteiger charge is 2.25. The summed E-state index contributed by atoms with van der Waals surface area (Å²) in [6.07, 6.45) is 6.58. The van der Waals surface area contributed by atoms with E-state index in [2.05, 4.69) is 19.1 Å². The molecular formula is C36H36FNO7. The number of carbonyl (C=O) groups excluding carboxylic acids is 1. The van der Waals surface area contributed by atoms with Gasteiger partial charge in [-0.15, -0.1) is 0 Å². The molecule has 0 amide bonds. The number of halogens is 1. The molecule has 0 fully saturated rings. The van der Waals surface area contributed by atoms with Gasteiger partial charge in [0.15, 0.2) is 5.78 Å². The molecule has 0 aliphatic carbocycles. The second-order valence-corrected chi connectivity index (χ2v) is 10.8. The van der Waals surface area contributed by atoms with Gasteiger partial charge in [-0.2, -0.15) is 0 Å². The van der Waals surface area contributed by atoms with E-state index in [4.69, 9.17) is 14.6 Å². The summed E-state index contributed by atoms with van der Waals surface area (Å²) >= 11 is 0. The lowest BCUT2D eigenvalue weighted by Crippen LogP contribution is -2.11. The van der Waals surface area contributed by atoms with Gasteiger partial charge in [-0.05, 0) is 86.4 Å². The van der Waals surface area contributed by atoms with Crippen molar-refractivity contribution in [3.8, 4) is 11.5 Å². The summed E-state index contributed by atoms with van der Waals surface area (Å²) in [4.78, 5) is 35.6. The predicted molar refractivity (Wildman–Crippen MR) is 172 cm³/mol. The Morgan fingerprint density at radius 3 is 2.09 bits per heavy atom. The maximum atomic E-state index is 15.1. The number of benzene rings is 3. The zero-order valence-corrected chi connectivity index (χ0v) is 25.7. The van der Waals surface area contributed by atoms with Crippen LogP contribution in [0.2, 0.25) is 0 Å². The summed E-state index contributed by atoms with van der Waals surface area (Å²) in [6.45, 7) is 7.97. The van der Waals surface area contributed by atoms with E-state index in [9.17, 15) is 19.5 Å². The fourth-order valence-electron chi connectivity index (χ4n) is 5.42. The number of ketones is 1. The number of carboxylic acids is 2. The molecule has 3 aromatic carbocycles. The van der Waals surface area contributed by atoms with Gasteiger partial charge in [0, 0.05) is 23.1 Å². The molecule has 0 atom stereocenters. The Morgan fingerprint density at radius 1 is 0.822 bits per heavy atom. The first-order chi connectivity index (χ1) is 21.5. The third kappa shape index (κ3) is 8.06. The summed E-state index contributed by atoms with van der Waals surface area (Å²) in [7, 11) is 0. The lowest BCUT2D eigenvalue weighted by atomic mass is 10.0.